The standard InChI is InChI=1S/C16H14BrN3S/c17-12-5-3-4-11(8-12)10-20-14-7-2-1-6-13(14)19-16(20)9-15(18)21/h1-8H,9-10H2,(H2,18,21). The molecular formula is C16H14BrN3S. The average Bonchev–Trinajstić information content (AvgIpc) is 2.76. The number of thiocarbonyl (C=S) groups is 1. The normalized spacial score (nSPS) is 10.9. The van der Waals surface area contributed by atoms with E-state index in [2.05, 4.69) is 43.7 Å². The Kier molecular flexibility index (Phi) is 4.03. The van der Waals surface area contributed by atoms with Crippen molar-refractivity contribution in [3.63, 3.8) is 0 Å². The molecule has 0 fully saturated rings. The van der Waals surface area contributed by atoms with Crippen molar-refractivity contribution in [3.8, 4) is 0 Å². The van der Waals surface area contributed by atoms with Gasteiger partial charge in [0.25, 0.3) is 0 Å². The van der Waals surface area contributed by atoms with Crippen molar-refractivity contribution in [1.29, 1.82) is 0 Å². The molecule has 3 nitrogen and oxygen atoms in total. The molecule has 0 atom stereocenters. The number of nitrogens with zero attached hydrogens (tertiary/aromatic N) is 2. The van der Waals surface area contributed by atoms with Gasteiger partial charge in [0.1, 0.15) is 5.82 Å². The molecule has 0 amide bonds. The van der Waals surface area contributed by atoms with Crippen LogP contribution in [0.25, 0.3) is 11.0 Å². The van der Waals surface area contributed by atoms with Crippen LogP contribution in [0.1, 0.15) is 11.4 Å². The lowest BCUT2D eigenvalue weighted by Crippen LogP contribution is -2.15. The van der Waals surface area contributed by atoms with Crippen LogP contribution in [0.5, 0.6) is 0 Å². The molecule has 106 valence electrons. The van der Waals surface area contributed by atoms with Gasteiger partial charge in [0.05, 0.1) is 22.4 Å². The summed E-state index contributed by atoms with van der Waals surface area (Å²) in [6.07, 6.45) is 0.512. The third-order valence-corrected chi connectivity index (χ3v) is 3.93. The van der Waals surface area contributed by atoms with E-state index in [9.17, 15) is 0 Å². The Labute approximate surface area is 136 Å². The van der Waals surface area contributed by atoms with Crippen LogP contribution >= 0.6 is 28.1 Å². The lowest BCUT2D eigenvalue weighted by Gasteiger charge is -2.09. The highest BCUT2D eigenvalue weighted by Crippen LogP contribution is 2.20. The zero-order valence-corrected chi connectivity index (χ0v) is 13.7. The molecule has 0 bridgehead atoms. The Morgan fingerprint density at radius 1 is 1.19 bits per heavy atom. The summed E-state index contributed by atoms with van der Waals surface area (Å²) < 4.78 is 3.25. The Morgan fingerprint density at radius 3 is 2.76 bits per heavy atom. The molecule has 2 N–H and O–H groups in total. The van der Waals surface area contributed by atoms with E-state index in [-0.39, 0.29) is 0 Å². The maximum Gasteiger partial charge on any atom is 0.116 e. The zero-order chi connectivity index (χ0) is 14.8. The fourth-order valence-corrected chi connectivity index (χ4v) is 2.99. The second-order valence-corrected chi connectivity index (χ2v) is 6.32. The summed E-state index contributed by atoms with van der Waals surface area (Å²) in [6.45, 7) is 0.748. The highest BCUT2D eigenvalue weighted by molar-refractivity contribution is 9.10. The van der Waals surface area contributed by atoms with Crippen LogP contribution in [-0.2, 0) is 13.0 Å². The minimum Gasteiger partial charge on any atom is -0.393 e. The van der Waals surface area contributed by atoms with Crippen LogP contribution in [0, 0.1) is 0 Å². The third-order valence-electron chi connectivity index (χ3n) is 3.30. The number of halogens is 1. The molecule has 0 saturated heterocycles. The SMILES string of the molecule is NC(=S)Cc1nc2ccccc2n1Cc1cccc(Br)c1. The number of imidazole rings is 1. The summed E-state index contributed by atoms with van der Waals surface area (Å²) in [7, 11) is 0. The van der Waals surface area contributed by atoms with Crippen molar-refractivity contribution >= 4 is 44.2 Å². The Bertz CT molecular complexity index is 810. The average molecular weight is 360 g/mol. The Balaban J connectivity index is 2.08. The summed E-state index contributed by atoms with van der Waals surface area (Å²) in [6, 6.07) is 16.4. The van der Waals surface area contributed by atoms with Gasteiger partial charge in [-0.15, -0.1) is 0 Å². The highest BCUT2D eigenvalue weighted by atomic mass is 79.9. The molecule has 0 saturated carbocycles. The fraction of sp³-hybridized carbons (Fsp3) is 0.125. The number of benzene rings is 2. The molecule has 0 aliphatic rings. The Hall–Kier alpha value is -1.72. The van der Waals surface area contributed by atoms with Crippen molar-refractivity contribution in [2.24, 2.45) is 5.73 Å². The number of hydrogen-bond acceptors (Lipinski definition) is 2. The number of rotatable bonds is 4. The molecule has 3 rings (SSSR count). The summed E-state index contributed by atoms with van der Waals surface area (Å²) in [5.74, 6) is 0.906. The number of fused-ring (bicyclic) bond motifs is 1. The van der Waals surface area contributed by atoms with Gasteiger partial charge in [-0.25, -0.2) is 4.98 Å². The molecule has 1 heterocycles. The van der Waals surface area contributed by atoms with Gasteiger partial charge in [0.2, 0.25) is 0 Å². The van der Waals surface area contributed by atoms with E-state index in [0.717, 1.165) is 27.9 Å². The number of aromatic nitrogens is 2. The topological polar surface area (TPSA) is 43.8 Å². The summed E-state index contributed by atoms with van der Waals surface area (Å²) in [4.78, 5) is 5.11. The number of nitrogens with two attached hydrogens (primary N) is 1. The van der Waals surface area contributed by atoms with Gasteiger partial charge < -0.3 is 10.3 Å². The minimum absolute atomic E-state index is 0.459. The van der Waals surface area contributed by atoms with E-state index < -0.39 is 0 Å². The van der Waals surface area contributed by atoms with Crippen LogP contribution in [0.15, 0.2) is 53.0 Å². The molecular weight excluding hydrogens is 346 g/mol. The monoisotopic (exact) mass is 359 g/mol. The maximum absolute atomic E-state index is 5.70. The van der Waals surface area contributed by atoms with Gasteiger partial charge in [-0.1, -0.05) is 52.4 Å². The first-order chi connectivity index (χ1) is 10.1. The zero-order valence-electron chi connectivity index (χ0n) is 11.3. The fourth-order valence-electron chi connectivity index (χ4n) is 2.41. The van der Waals surface area contributed by atoms with E-state index in [0.29, 0.717) is 11.4 Å². The summed E-state index contributed by atoms with van der Waals surface area (Å²) in [5, 5.41) is 0. The van der Waals surface area contributed by atoms with Gasteiger partial charge >= 0.3 is 0 Å². The predicted molar refractivity (Wildman–Crippen MR) is 93.5 cm³/mol. The molecule has 5 heteroatoms. The first kappa shape index (κ1) is 14.2. The van der Waals surface area contributed by atoms with Gasteiger partial charge in [-0.05, 0) is 29.8 Å². The van der Waals surface area contributed by atoms with E-state index in [1.807, 2.05) is 30.3 Å². The largest absolute Gasteiger partial charge is 0.393 e. The molecule has 1 aromatic heterocycles. The maximum atomic E-state index is 5.70. The first-order valence-corrected chi connectivity index (χ1v) is 7.80. The van der Waals surface area contributed by atoms with Crippen molar-refractivity contribution in [2.75, 3.05) is 0 Å². The summed E-state index contributed by atoms with van der Waals surface area (Å²) >= 11 is 8.55. The van der Waals surface area contributed by atoms with E-state index in [1.165, 1.54) is 5.56 Å². The Morgan fingerprint density at radius 2 is 2.00 bits per heavy atom. The van der Waals surface area contributed by atoms with Crippen molar-refractivity contribution in [1.82, 2.24) is 9.55 Å². The third kappa shape index (κ3) is 3.14. The second-order valence-electron chi connectivity index (χ2n) is 4.88. The molecule has 0 aliphatic heterocycles. The molecule has 0 unspecified atom stereocenters. The van der Waals surface area contributed by atoms with Crippen LogP contribution in [0.2, 0.25) is 0 Å². The van der Waals surface area contributed by atoms with Crippen molar-refractivity contribution in [2.45, 2.75) is 13.0 Å². The second kappa shape index (κ2) is 5.95. The first-order valence-electron chi connectivity index (χ1n) is 6.60. The molecule has 2 aromatic carbocycles. The quantitative estimate of drug-likeness (QED) is 0.722. The molecule has 0 radical (unpaired) electrons. The molecule has 21 heavy (non-hydrogen) atoms. The van der Waals surface area contributed by atoms with Crippen LogP contribution in [0.3, 0.4) is 0 Å². The van der Waals surface area contributed by atoms with Gasteiger partial charge in [-0.3, -0.25) is 0 Å². The van der Waals surface area contributed by atoms with Gasteiger partial charge in [0, 0.05) is 11.0 Å². The lowest BCUT2D eigenvalue weighted by atomic mass is 10.2. The van der Waals surface area contributed by atoms with Crippen molar-refractivity contribution < 1.29 is 0 Å². The number of hydrogen-bond donors (Lipinski definition) is 1. The molecule has 3 aromatic rings. The lowest BCUT2D eigenvalue weighted by molar-refractivity contribution is 0.773. The van der Waals surface area contributed by atoms with Gasteiger partial charge in [0.15, 0.2) is 0 Å². The van der Waals surface area contributed by atoms with E-state index in [4.69, 9.17) is 18.0 Å². The van der Waals surface area contributed by atoms with Crippen LogP contribution in [0.4, 0.5) is 0 Å². The molecule has 0 spiro atoms. The summed E-state index contributed by atoms with van der Waals surface area (Å²) in [5.41, 5.74) is 8.98. The van der Waals surface area contributed by atoms with Gasteiger partial charge in [-0.2, -0.15) is 0 Å². The number of para-hydroxylation sites is 2. The van der Waals surface area contributed by atoms with Crippen LogP contribution < -0.4 is 5.73 Å². The van der Waals surface area contributed by atoms with E-state index in [1.54, 1.807) is 0 Å². The van der Waals surface area contributed by atoms with Crippen molar-refractivity contribution in [3.05, 3.63) is 64.4 Å². The smallest absolute Gasteiger partial charge is 0.116 e. The highest BCUT2D eigenvalue weighted by Gasteiger charge is 2.11. The predicted octanol–water partition coefficient (Wildman–Crippen LogP) is 3.68. The molecule has 0 aliphatic carbocycles. The van der Waals surface area contributed by atoms with Crippen LogP contribution in [-0.4, -0.2) is 14.5 Å². The minimum atomic E-state index is 0.459. The van der Waals surface area contributed by atoms with E-state index >= 15 is 0 Å².